The Labute approximate surface area is 206 Å². The van der Waals surface area contributed by atoms with Gasteiger partial charge in [0.2, 0.25) is 5.91 Å². The van der Waals surface area contributed by atoms with Gasteiger partial charge in [-0.3, -0.25) is 13.9 Å². The van der Waals surface area contributed by atoms with Crippen LogP contribution >= 0.6 is 0 Å². The van der Waals surface area contributed by atoms with E-state index in [1.165, 1.54) is 12.1 Å². The van der Waals surface area contributed by atoms with Crippen molar-refractivity contribution < 1.29 is 9.18 Å². The molecule has 0 spiro atoms. The van der Waals surface area contributed by atoms with E-state index < -0.39 is 0 Å². The molecule has 35 heavy (non-hydrogen) atoms. The van der Waals surface area contributed by atoms with Crippen LogP contribution in [-0.4, -0.2) is 52.7 Å². The van der Waals surface area contributed by atoms with Gasteiger partial charge in [0.05, 0.1) is 17.1 Å². The number of para-hydroxylation sites is 2. The number of nitrogens with zero attached hydrogens (tertiary/aromatic N) is 4. The number of amides is 1. The van der Waals surface area contributed by atoms with E-state index in [1.54, 1.807) is 9.13 Å². The largest absolute Gasteiger partial charge is 0.369 e. The molecule has 2 aromatic carbocycles. The third kappa shape index (κ3) is 5.42. The number of nitrogens with one attached hydrogen (secondary N) is 1. The minimum Gasteiger partial charge on any atom is -0.369 e. The zero-order chi connectivity index (χ0) is 24.9. The SMILES string of the molecule is CCCn1c(=O)n(CCC(=O)NC(C)c2cc(F)ccc2N2CCN(CC)CC2)c2ccccc21. The molecule has 1 unspecified atom stereocenters. The summed E-state index contributed by atoms with van der Waals surface area (Å²) in [6, 6.07) is 12.2. The van der Waals surface area contributed by atoms with Crippen molar-refractivity contribution in [2.24, 2.45) is 0 Å². The Bertz CT molecular complexity index is 1230. The molecule has 8 heteroatoms. The second-order valence-electron chi connectivity index (χ2n) is 9.24. The van der Waals surface area contributed by atoms with Gasteiger partial charge in [-0.15, -0.1) is 0 Å². The van der Waals surface area contributed by atoms with Crippen LogP contribution in [0.4, 0.5) is 10.1 Å². The number of imidazole rings is 1. The van der Waals surface area contributed by atoms with E-state index in [-0.39, 0.29) is 29.9 Å². The van der Waals surface area contributed by atoms with Crippen LogP contribution in [0.3, 0.4) is 0 Å². The number of fused-ring (bicyclic) bond motifs is 1. The number of hydrogen-bond acceptors (Lipinski definition) is 4. The van der Waals surface area contributed by atoms with Crippen LogP contribution < -0.4 is 15.9 Å². The Kier molecular flexibility index (Phi) is 7.90. The molecule has 1 fully saturated rings. The van der Waals surface area contributed by atoms with E-state index in [2.05, 4.69) is 22.0 Å². The molecule has 2 heterocycles. The van der Waals surface area contributed by atoms with Gasteiger partial charge in [-0.05, 0) is 50.2 Å². The summed E-state index contributed by atoms with van der Waals surface area (Å²) in [5.41, 5.74) is 3.38. The van der Waals surface area contributed by atoms with E-state index in [1.807, 2.05) is 44.2 Å². The molecule has 1 aromatic heterocycles. The summed E-state index contributed by atoms with van der Waals surface area (Å²) in [7, 11) is 0. The van der Waals surface area contributed by atoms with Gasteiger partial charge in [0, 0.05) is 56.9 Å². The van der Waals surface area contributed by atoms with E-state index in [0.29, 0.717) is 13.1 Å². The Hall–Kier alpha value is -3.13. The van der Waals surface area contributed by atoms with Gasteiger partial charge in [0.15, 0.2) is 0 Å². The maximum Gasteiger partial charge on any atom is 0.329 e. The third-order valence-corrected chi connectivity index (χ3v) is 6.93. The van der Waals surface area contributed by atoms with Crippen LogP contribution in [0.25, 0.3) is 11.0 Å². The number of carbonyl (C=O) groups excluding carboxylic acids is 1. The van der Waals surface area contributed by atoms with Crippen molar-refractivity contribution >= 4 is 22.6 Å². The standard InChI is InChI=1S/C27H36FN5O2/c1-4-13-32-24-8-6-7-9-25(24)33(27(32)35)14-12-26(34)29-20(3)22-19-21(28)10-11-23(22)31-17-15-30(5-2)16-18-31/h6-11,19-20H,4-5,12-18H2,1-3H3,(H,29,34). The lowest BCUT2D eigenvalue weighted by molar-refractivity contribution is -0.121. The van der Waals surface area contributed by atoms with Gasteiger partial charge in [-0.25, -0.2) is 9.18 Å². The van der Waals surface area contributed by atoms with Gasteiger partial charge in [0.1, 0.15) is 5.82 Å². The molecule has 188 valence electrons. The van der Waals surface area contributed by atoms with Gasteiger partial charge < -0.3 is 15.1 Å². The van der Waals surface area contributed by atoms with Gasteiger partial charge in [0.25, 0.3) is 0 Å². The first-order valence-corrected chi connectivity index (χ1v) is 12.7. The summed E-state index contributed by atoms with van der Waals surface area (Å²) in [4.78, 5) is 30.5. The average Bonchev–Trinajstić information content (AvgIpc) is 3.13. The lowest BCUT2D eigenvalue weighted by atomic mass is 10.0. The van der Waals surface area contributed by atoms with Crippen molar-refractivity contribution in [1.82, 2.24) is 19.4 Å². The van der Waals surface area contributed by atoms with Crippen molar-refractivity contribution in [2.75, 3.05) is 37.6 Å². The molecule has 1 saturated heterocycles. The van der Waals surface area contributed by atoms with Crippen LogP contribution in [0.15, 0.2) is 47.3 Å². The molecule has 3 aromatic rings. The van der Waals surface area contributed by atoms with E-state index in [4.69, 9.17) is 0 Å². The van der Waals surface area contributed by atoms with Crippen molar-refractivity contribution in [2.45, 2.75) is 52.7 Å². The minimum atomic E-state index is -0.351. The topological polar surface area (TPSA) is 62.5 Å². The lowest BCUT2D eigenvalue weighted by Gasteiger charge is -2.37. The number of likely N-dealkylation sites (N-methyl/N-ethyl adjacent to an activating group) is 1. The van der Waals surface area contributed by atoms with E-state index in [0.717, 1.165) is 61.4 Å². The fraction of sp³-hybridized carbons (Fsp3) is 0.481. The average molecular weight is 482 g/mol. The zero-order valence-corrected chi connectivity index (χ0v) is 21.0. The van der Waals surface area contributed by atoms with Gasteiger partial charge >= 0.3 is 5.69 Å². The monoisotopic (exact) mass is 481 g/mol. The summed E-state index contributed by atoms with van der Waals surface area (Å²) in [5, 5.41) is 3.03. The number of aromatic nitrogens is 2. The quantitative estimate of drug-likeness (QED) is 0.506. The highest BCUT2D eigenvalue weighted by Crippen LogP contribution is 2.28. The molecule has 1 atom stereocenters. The molecular weight excluding hydrogens is 445 g/mol. The molecule has 0 aliphatic carbocycles. The predicted octanol–water partition coefficient (Wildman–Crippen LogP) is 3.76. The van der Waals surface area contributed by atoms with Crippen LogP contribution in [0, 0.1) is 5.82 Å². The summed E-state index contributed by atoms with van der Waals surface area (Å²) in [6.07, 6.45) is 1.03. The molecule has 0 saturated carbocycles. The van der Waals surface area contributed by atoms with Crippen LogP contribution in [0.1, 0.15) is 45.2 Å². The summed E-state index contributed by atoms with van der Waals surface area (Å²) >= 11 is 0. The first-order valence-electron chi connectivity index (χ1n) is 12.7. The maximum atomic E-state index is 14.2. The molecule has 1 N–H and O–H groups in total. The lowest BCUT2D eigenvalue weighted by Crippen LogP contribution is -2.46. The Morgan fingerprint density at radius 2 is 1.66 bits per heavy atom. The number of halogens is 1. The highest BCUT2D eigenvalue weighted by atomic mass is 19.1. The highest BCUT2D eigenvalue weighted by Gasteiger charge is 2.22. The summed E-state index contributed by atoms with van der Waals surface area (Å²) in [6.45, 7) is 11.7. The Morgan fingerprint density at radius 3 is 2.29 bits per heavy atom. The number of piperazine rings is 1. The van der Waals surface area contributed by atoms with Crippen molar-refractivity contribution in [3.8, 4) is 0 Å². The third-order valence-electron chi connectivity index (χ3n) is 6.93. The normalized spacial score (nSPS) is 15.5. The smallest absolute Gasteiger partial charge is 0.329 e. The molecule has 0 bridgehead atoms. The highest BCUT2D eigenvalue weighted by molar-refractivity contribution is 5.78. The second kappa shape index (κ2) is 11.1. The van der Waals surface area contributed by atoms with Crippen molar-refractivity contribution in [1.29, 1.82) is 0 Å². The number of carbonyl (C=O) groups is 1. The number of hydrogen-bond donors (Lipinski definition) is 1. The molecule has 1 amide bonds. The predicted molar refractivity (Wildman–Crippen MR) is 138 cm³/mol. The minimum absolute atomic E-state index is 0.0902. The molecule has 1 aliphatic heterocycles. The first-order chi connectivity index (χ1) is 16.9. The zero-order valence-electron chi connectivity index (χ0n) is 21.0. The van der Waals surface area contributed by atoms with Gasteiger partial charge in [-0.2, -0.15) is 0 Å². The fourth-order valence-electron chi connectivity index (χ4n) is 5.00. The number of aryl methyl sites for hydroxylation is 2. The molecule has 7 nitrogen and oxygen atoms in total. The van der Waals surface area contributed by atoms with Crippen LogP contribution in [-0.2, 0) is 17.9 Å². The van der Waals surface area contributed by atoms with E-state index >= 15 is 0 Å². The Morgan fingerprint density at radius 1 is 1.00 bits per heavy atom. The second-order valence-corrected chi connectivity index (χ2v) is 9.24. The van der Waals surface area contributed by atoms with Crippen molar-refractivity contribution in [3.05, 3.63) is 64.3 Å². The van der Waals surface area contributed by atoms with E-state index in [9.17, 15) is 14.0 Å². The molecular formula is C27H36FN5O2. The molecule has 4 rings (SSSR count). The summed E-state index contributed by atoms with van der Waals surface area (Å²) in [5.74, 6) is -0.477. The first kappa shape index (κ1) is 25.0. The van der Waals surface area contributed by atoms with Gasteiger partial charge in [-0.1, -0.05) is 26.0 Å². The fourth-order valence-corrected chi connectivity index (χ4v) is 5.00. The number of anilines is 1. The summed E-state index contributed by atoms with van der Waals surface area (Å²) < 4.78 is 17.6. The van der Waals surface area contributed by atoms with Crippen LogP contribution in [0.5, 0.6) is 0 Å². The Balaban J connectivity index is 1.46. The molecule has 1 aliphatic rings. The molecule has 0 radical (unpaired) electrons. The number of rotatable bonds is 9. The maximum absolute atomic E-state index is 14.2. The van der Waals surface area contributed by atoms with Crippen molar-refractivity contribution in [3.63, 3.8) is 0 Å². The number of benzene rings is 2. The van der Waals surface area contributed by atoms with Crippen LogP contribution in [0.2, 0.25) is 0 Å².